The summed E-state index contributed by atoms with van der Waals surface area (Å²) in [6.45, 7) is 2.79. The minimum absolute atomic E-state index is 0.0320. The first-order valence-electron chi connectivity index (χ1n) is 8.95. The van der Waals surface area contributed by atoms with E-state index in [0.717, 1.165) is 11.1 Å². The van der Waals surface area contributed by atoms with Gasteiger partial charge in [-0.1, -0.05) is 6.92 Å². The Balaban J connectivity index is 1.56. The van der Waals surface area contributed by atoms with Crippen LogP contribution in [0.3, 0.4) is 0 Å². The van der Waals surface area contributed by atoms with Crippen LogP contribution in [-0.2, 0) is 29.6 Å². The van der Waals surface area contributed by atoms with Crippen molar-refractivity contribution in [1.82, 2.24) is 9.47 Å². The normalized spacial score (nSPS) is 13.0. The molecule has 0 radical (unpaired) electrons. The van der Waals surface area contributed by atoms with Gasteiger partial charge in [0.15, 0.2) is 6.61 Å². The Hall–Kier alpha value is -3.09. The number of anilines is 1. The first-order chi connectivity index (χ1) is 13.0. The number of nitrogens with zero attached hydrogens (tertiary/aromatic N) is 2. The van der Waals surface area contributed by atoms with Crippen molar-refractivity contribution in [2.45, 2.75) is 26.3 Å². The fourth-order valence-electron chi connectivity index (χ4n) is 2.97. The molecule has 0 fully saturated rings. The number of aromatic nitrogens is 1. The molecular weight excluding hydrogens is 346 g/mol. The maximum atomic E-state index is 12.5. The zero-order valence-corrected chi connectivity index (χ0v) is 15.5. The lowest BCUT2D eigenvalue weighted by Crippen LogP contribution is -2.39. The van der Waals surface area contributed by atoms with Gasteiger partial charge < -0.3 is 19.5 Å². The van der Waals surface area contributed by atoms with E-state index in [1.54, 1.807) is 55.4 Å². The lowest BCUT2D eigenvalue weighted by Gasteiger charge is -2.29. The molecule has 27 heavy (non-hydrogen) atoms. The van der Waals surface area contributed by atoms with Crippen LogP contribution in [0.1, 0.15) is 24.5 Å². The first-order valence-corrected chi connectivity index (χ1v) is 8.95. The predicted molar refractivity (Wildman–Crippen MR) is 102 cm³/mol. The summed E-state index contributed by atoms with van der Waals surface area (Å²) < 4.78 is 7.11. The van der Waals surface area contributed by atoms with Gasteiger partial charge in [-0.25, -0.2) is 0 Å². The van der Waals surface area contributed by atoms with Crippen molar-refractivity contribution in [3.63, 3.8) is 0 Å². The summed E-state index contributed by atoms with van der Waals surface area (Å²) >= 11 is 0. The van der Waals surface area contributed by atoms with Gasteiger partial charge in [0.2, 0.25) is 5.91 Å². The minimum Gasteiger partial charge on any atom is -0.484 e. The average molecular weight is 369 g/mol. The fraction of sp³-hybridized carbons (Fsp3) is 0.350. The van der Waals surface area contributed by atoms with Gasteiger partial charge in [0.1, 0.15) is 5.75 Å². The standard InChI is InChI=1S/C20H23N3O4/c1-3-18(24)21-16-4-6-17(7-5-16)27-13-20(26)23-9-8-14-10-19(25)22(2)11-15(14)12-23/h4-7,10-11H,3,8-9,12-13H2,1-2H3,(H,21,24). The number of hydrogen-bond acceptors (Lipinski definition) is 4. The molecule has 7 heteroatoms. The molecule has 0 aliphatic carbocycles. The van der Waals surface area contributed by atoms with Crippen molar-refractivity contribution in [2.75, 3.05) is 18.5 Å². The number of carbonyl (C=O) groups is 2. The smallest absolute Gasteiger partial charge is 0.260 e. The lowest BCUT2D eigenvalue weighted by molar-refractivity contribution is -0.134. The molecule has 1 aliphatic rings. The number of pyridine rings is 1. The van der Waals surface area contributed by atoms with Crippen molar-refractivity contribution in [2.24, 2.45) is 7.05 Å². The summed E-state index contributed by atoms with van der Waals surface area (Å²) in [5.74, 6) is 0.414. The van der Waals surface area contributed by atoms with Crippen LogP contribution in [-0.4, -0.2) is 34.4 Å². The van der Waals surface area contributed by atoms with E-state index >= 15 is 0 Å². The van der Waals surface area contributed by atoms with E-state index in [-0.39, 0.29) is 24.0 Å². The van der Waals surface area contributed by atoms with Crippen LogP contribution in [0.2, 0.25) is 0 Å². The summed E-state index contributed by atoms with van der Waals surface area (Å²) in [6.07, 6.45) is 2.88. The molecule has 1 N–H and O–H groups in total. The Labute approximate surface area is 157 Å². The number of ether oxygens (including phenoxy) is 1. The number of aryl methyl sites for hydroxylation is 1. The van der Waals surface area contributed by atoms with Gasteiger partial charge in [-0.05, 0) is 41.8 Å². The summed E-state index contributed by atoms with van der Waals surface area (Å²) in [5, 5.41) is 2.76. The molecule has 2 amide bonds. The third kappa shape index (κ3) is 4.55. The quantitative estimate of drug-likeness (QED) is 0.870. The summed E-state index contributed by atoms with van der Waals surface area (Å²) in [4.78, 5) is 37.3. The molecule has 0 bridgehead atoms. The Kier molecular flexibility index (Phi) is 5.59. The SMILES string of the molecule is CCC(=O)Nc1ccc(OCC(=O)N2CCc3cc(=O)n(C)cc3C2)cc1. The van der Waals surface area contributed by atoms with E-state index in [4.69, 9.17) is 4.74 Å². The average Bonchev–Trinajstić information content (AvgIpc) is 2.67. The Morgan fingerprint density at radius 3 is 2.63 bits per heavy atom. The van der Waals surface area contributed by atoms with Gasteiger partial charge >= 0.3 is 0 Å². The van der Waals surface area contributed by atoms with Crippen LogP contribution in [0.5, 0.6) is 5.75 Å². The minimum atomic E-state index is -0.0992. The molecule has 1 aromatic carbocycles. The van der Waals surface area contributed by atoms with Crippen LogP contribution in [0.25, 0.3) is 0 Å². The third-order valence-corrected chi connectivity index (χ3v) is 4.59. The van der Waals surface area contributed by atoms with Crippen molar-refractivity contribution in [3.05, 3.63) is 58.0 Å². The van der Waals surface area contributed by atoms with Gasteiger partial charge in [-0.15, -0.1) is 0 Å². The van der Waals surface area contributed by atoms with Gasteiger partial charge in [0.25, 0.3) is 11.5 Å². The predicted octanol–water partition coefficient (Wildman–Crippen LogP) is 1.70. The number of rotatable bonds is 5. The highest BCUT2D eigenvalue weighted by atomic mass is 16.5. The van der Waals surface area contributed by atoms with Crippen LogP contribution < -0.4 is 15.6 Å². The van der Waals surface area contributed by atoms with Gasteiger partial charge in [-0.3, -0.25) is 14.4 Å². The van der Waals surface area contributed by atoms with E-state index in [1.807, 2.05) is 0 Å². The molecular formula is C20H23N3O4. The zero-order valence-electron chi connectivity index (χ0n) is 15.5. The van der Waals surface area contributed by atoms with Crippen molar-refractivity contribution in [1.29, 1.82) is 0 Å². The highest BCUT2D eigenvalue weighted by Crippen LogP contribution is 2.19. The van der Waals surface area contributed by atoms with Gasteiger partial charge in [0, 0.05) is 44.5 Å². The zero-order chi connectivity index (χ0) is 19.4. The summed E-state index contributed by atoms with van der Waals surface area (Å²) in [5.41, 5.74) is 2.66. The van der Waals surface area contributed by atoms with Crippen molar-refractivity contribution in [3.8, 4) is 5.75 Å². The van der Waals surface area contributed by atoms with E-state index in [2.05, 4.69) is 5.32 Å². The number of nitrogens with one attached hydrogen (secondary N) is 1. The molecule has 142 valence electrons. The molecule has 0 saturated heterocycles. The Morgan fingerprint density at radius 1 is 1.19 bits per heavy atom. The van der Waals surface area contributed by atoms with Gasteiger partial charge in [0.05, 0.1) is 0 Å². The second-order valence-electron chi connectivity index (χ2n) is 6.55. The van der Waals surface area contributed by atoms with E-state index in [1.165, 1.54) is 4.57 Å². The number of hydrogen-bond donors (Lipinski definition) is 1. The first kappa shape index (κ1) is 18.7. The number of carbonyl (C=O) groups excluding carboxylic acids is 2. The largest absolute Gasteiger partial charge is 0.484 e. The van der Waals surface area contributed by atoms with Crippen LogP contribution in [0.4, 0.5) is 5.69 Å². The fourth-order valence-corrected chi connectivity index (χ4v) is 2.97. The monoisotopic (exact) mass is 369 g/mol. The molecule has 0 atom stereocenters. The van der Waals surface area contributed by atoms with Crippen LogP contribution >= 0.6 is 0 Å². The Morgan fingerprint density at radius 2 is 1.93 bits per heavy atom. The molecule has 0 spiro atoms. The molecule has 3 rings (SSSR count). The molecule has 0 saturated carbocycles. The molecule has 2 aromatic rings. The highest BCUT2D eigenvalue weighted by molar-refractivity contribution is 5.90. The van der Waals surface area contributed by atoms with Crippen molar-refractivity contribution < 1.29 is 14.3 Å². The van der Waals surface area contributed by atoms with Crippen LogP contribution in [0, 0.1) is 0 Å². The maximum absolute atomic E-state index is 12.5. The third-order valence-electron chi connectivity index (χ3n) is 4.59. The van der Waals surface area contributed by atoms with Crippen molar-refractivity contribution >= 4 is 17.5 Å². The summed E-state index contributed by atoms with van der Waals surface area (Å²) in [6, 6.07) is 8.57. The van der Waals surface area contributed by atoms with E-state index < -0.39 is 0 Å². The summed E-state index contributed by atoms with van der Waals surface area (Å²) in [7, 11) is 1.71. The topological polar surface area (TPSA) is 80.6 Å². The molecule has 1 aliphatic heterocycles. The molecule has 2 heterocycles. The molecule has 0 unspecified atom stereocenters. The lowest BCUT2D eigenvalue weighted by atomic mass is 10.0. The molecule has 1 aromatic heterocycles. The second kappa shape index (κ2) is 8.07. The number of fused-ring (bicyclic) bond motifs is 1. The van der Waals surface area contributed by atoms with E-state index in [0.29, 0.717) is 37.4 Å². The van der Waals surface area contributed by atoms with Crippen LogP contribution in [0.15, 0.2) is 41.3 Å². The maximum Gasteiger partial charge on any atom is 0.260 e. The van der Waals surface area contributed by atoms with Gasteiger partial charge in [-0.2, -0.15) is 0 Å². The Bertz CT molecular complexity index is 902. The highest BCUT2D eigenvalue weighted by Gasteiger charge is 2.21. The number of amides is 2. The van der Waals surface area contributed by atoms with E-state index in [9.17, 15) is 14.4 Å². The second-order valence-corrected chi connectivity index (χ2v) is 6.55. The molecule has 7 nitrogen and oxygen atoms in total. The number of benzene rings is 1.